The highest BCUT2D eigenvalue weighted by molar-refractivity contribution is 5.91. The summed E-state index contributed by atoms with van der Waals surface area (Å²) in [5.74, 6) is -0.0373. The summed E-state index contributed by atoms with van der Waals surface area (Å²) in [6, 6.07) is 9.82. The molecule has 2 heterocycles. The molecule has 1 aliphatic rings. The molecule has 0 unspecified atom stereocenters. The van der Waals surface area contributed by atoms with E-state index in [-0.39, 0.29) is 18.1 Å². The van der Waals surface area contributed by atoms with Crippen molar-refractivity contribution in [3.05, 3.63) is 54.0 Å². The Morgan fingerprint density at radius 3 is 2.67 bits per heavy atom. The first kappa shape index (κ1) is 16.4. The Labute approximate surface area is 141 Å². The number of carbonyl (C=O) groups is 1. The van der Waals surface area contributed by atoms with Crippen LogP contribution in [0.2, 0.25) is 0 Å². The van der Waals surface area contributed by atoms with E-state index < -0.39 is 0 Å². The number of nitrogens with zero attached hydrogens (tertiary/aromatic N) is 3. The lowest BCUT2D eigenvalue weighted by Gasteiger charge is -2.33. The van der Waals surface area contributed by atoms with E-state index in [0.29, 0.717) is 11.4 Å². The second kappa shape index (κ2) is 7.40. The smallest absolute Gasteiger partial charge is 0.229 e. The number of piperazine rings is 1. The molecule has 1 saturated heterocycles. The van der Waals surface area contributed by atoms with Crippen molar-refractivity contribution >= 4 is 17.4 Å². The fourth-order valence-corrected chi connectivity index (χ4v) is 2.73. The lowest BCUT2D eigenvalue weighted by atomic mass is 10.1. The van der Waals surface area contributed by atoms with Crippen LogP contribution in [0.5, 0.6) is 0 Å². The Morgan fingerprint density at radius 1 is 1.21 bits per heavy atom. The van der Waals surface area contributed by atoms with Crippen LogP contribution in [-0.2, 0) is 11.2 Å². The number of amides is 1. The Bertz CT molecular complexity index is 696. The van der Waals surface area contributed by atoms with E-state index in [1.54, 1.807) is 24.4 Å². The minimum absolute atomic E-state index is 0.125. The summed E-state index contributed by atoms with van der Waals surface area (Å²) in [7, 11) is 2.12. The van der Waals surface area contributed by atoms with Gasteiger partial charge in [-0.1, -0.05) is 12.1 Å². The van der Waals surface area contributed by atoms with E-state index >= 15 is 0 Å². The van der Waals surface area contributed by atoms with E-state index in [1.165, 1.54) is 12.1 Å². The monoisotopic (exact) mass is 328 g/mol. The zero-order valence-electron chi connectivity index (χ0n) is 13.7. The molecule has 5 nitrogen and oxygen atoms in total. The van der Waals surface area contributed by atoms with Crippen LogP contribution in [0.4, 0.5) is 15.9 Å². The summed E-state index contributed by atoms with van der Waals surface area (Å²) in [5.41, 5.74) is 1.70. The van der Waals surface area contributed by atoms with Crippen LogP contribution in [0.15, 0.2) is 42.6 Å². The Hall–Kier alpha value is -2.47. The number of halogens is 1. The molecule has 1 aromatic heterocycles. The van der Waals surface area contributed by atoms with Gasteiger partial charge in [0.2, 0.25) is 5.91 Å². The minimum Gasteiger partial charge on any atom is -0.368 e. The first-order chi connectivity index (χ1) is 11.6. The number of anilines is 2. The van der Waals surface area contributed by atoms with Crippen molar-refractivity contribution in [3.63, 3.8) is 0 Å². The Morgan fingerprint density at radius 2 is 2.00 bits per heavy atom. The van der Waals surface area contributed by atoms with Gasteiger partial charge in [-0.2, -0.15) is 0 Å². The van der Waals surface area contributed by atoms with Gasteiger partial charge in [0, 0.05) is 26.2 Å². The molecule has 1 aliphatic heterocycles. The van der Waals surface area contributed by atoms with Crippen molar-refractivity contribution < 1.29 is 9.18 Å². The average Bonchev–Trinajstić information content (AvgIpc) is 2.56. The summed E-state index contributed by atoms with van der Waals surface area (Å²) in [6.45, 7) is 4.02. The maximum atomic E-state index is 13.1. The highest BCUT2D eigenvalue weighted by Crippen LogP contribution is 2.17. The Kier molecular flexibility index (Phi) is 5.05. The van der Waals surface area contributed by atoms with Crippen molar-refractivity contribution in [1.29, 1.82) is 0 Å². The second-order valence-electron chi connectivity index (χ2n) is 6.05. The topological polar surface area (TPSA) is 48.5 Å². The molecule has 126 valence electrons. The number of carbonyl (C=O) groups excluding carboxylic acids is 1. The first-order valence-electron chi connectivity index (χ1n) is 8.04. The second-order valence-corrected chi connectivity index (χ2v) is 6.05. The number of hydrogen-bond acceptors (Lipinski definition) is 4. The molecule has 24 heavy (non-hydrogen) atoms. The third kappa shape index (κ3) is 4.29. The number of likely N-dealkylation sites (N-methyl/N-ethyl adjacent to an activating group) is 1. The molecule has 0 radical (unpaired) electrons. The van der Waals surface area contributed by atoms with E-state index in [2.05, 4.69) is 27.1 Å². The molecule has 1 fully saturated rings. The molecule has 0 spiro atoms. The van der Waals surface area contributed by atoms with Gasteiger partial charge in [-0.05, 0) is 36.9 Å². The molecule has 0 aliphatic carbocycles. The number of aromatic nitrogens is 1. The van der Waals surface area contributed by atoms with Gasteiger partial charge in [-0.15, -0.1) is 0 Å². The number of benzene rings is 1. The summed E-state index contributed by atoms with van der Waals surface area (Å²) < 4.78 is 13.1. The fraction of sp³-hybridized carbons (Fsp3) is 0.333. The largest absolute Gasteiger partial charge is 0.368 e. The molecular weight excluding hydrogens is 307 g/mol. The molecule has 1 N–H and O–H groups in total. The number of pyridine rings is 1. The van der Waals surface area contributed by atoms with E-state index in [1.807, 2.05) is 6.07 Å². The fourth-order valence-electron chi connectivity index (χ4n) is 2.73. The van der Waals surface area contributed by atoms with Crippen LogP contribution in [-0.4, -0.2) is 49.0 Å². The van der Waals surface area contributed by atoms with Gasteiger partial charge in [0.1, 0.15) is 11.6 Å². The van der Waals surface area contributed by atoms with Crippen molar-refractivity contribution in [1.82, 2.24) is 9.88 Å². The van der Waals surface area contributed by atoms with Gasteiger partial charge in [0.25, 0.3) is 0 Å². The van der Waals surface area contributed by atoms with Gasteiger partial charge in [0.05, 0.1) is 18.3 Å². The summed E-state index contributed by atoms with van der Waals surface area (Å²) in [4.78, 5) is 20.9. The predicted molar refractivity (Wildman–Crippen MR) is 92.7 cm³/mol. The van der Waals surface area contributed by atoms with E-state index in [4.69, 9.17) is 0 Å². The lowest BCUT2D eigenvalue weighted by molar-refractivity contribution is -0.115. The van der Waals surface area contributed by atoms with Crippen LogP contribution in [0.3, 0.4) is 0 Å². The standard InChI is InChI=1S/C18H21FN4O/c1-22-7-9-23(10-8-22)16-5-6-17(20-13-16)21-18(24)12-14-3-2-4-15(19)11-14/h2-6,11,13H,7-10,12H2,1H3,(H,20,21,24). The van der Waals surface area contributed by atoms with Gasteiger partial charge in [-0.3, -0.25) is 4.79 Å². The van der Waals surface area contributed by atoms with Crippen LogP contribution in [0, 0.1) is 5.82 Å². The minimum atomic E-state index is -0.338. The SMILES string of the molecule is CN1CCN(c2ccc(NC(=O)Cc3cccc(F)c3)nc2)CC1. The van der Waals surface area contributed by atoms with E-state index in [9.17, 15) is 9.18 Å². The molecule has 2 aromatic rings. The van der Waals surface area contributed by atoms with Crippen molar-refractivity contribution in [3.8, 4) is 0 Å². The molecule has 1 aromatic carbocycles. The van der Waals surface area contributed by atoms with Gasteiger partial charge >= 0.3 is 0 Å². The predicted octanol–water partition coefficient (Wildman–Crippen LogP) is 2.15. The maximum Gasteiger partial charge on any atom is 0.229 e. The highest BCUT2D eigenvalue weighted by atomic mass is 19.1. The zero-order valence-corrected chi connectivity index (χ0v) is 13.7. The van der Waals surface area contributed by atoms with Crippen molar-refractivity contribution in [2.45, 2.75) is 6.42 Å². The normalized spacial score (nSPS) is 15.3. The van der Waals surface area contributed by atoms with Crippen LogP contribution >= 0.6 is 0 Å². The van der Waals surface area contributed by atoms with Crippen LogP contribution in [0.1, 0.15) is 5.56 Å². The van der Waals surface area contributed by atoms with Crippen molar-refractivity contribution in [2.75, 3.05) is 43.4 Å². The van der Waals surface area contributed by atoms with Crippen LogP contribution < -0.4 is 10.2 Å². The molecule has 0 atom stereocenters. The van der Waals surface area contributed by atoms with Crippen molar-refractivity contribution in [2.24, 2.45) is 0 Å². The van der Waals surface area contributed by atoms with Gasteiger partial charge in [-0.25, -0.2) is 9.37 Å². The molecule has 0 saturated carbocycles. The van der Waals surface area contributed by atoms with Gasteiger partial charge in [0.15, 0.2) is 0 Å². The van der Waals surface area contributed by atoms with Crippen LogP contribution in [0.25, 0.3) is 0 Å². The average molecular weight is 328 g/mol. The molecule has 3 rings (SSSR count). The lowest BCUT2D eigenvalue weighted by Crippen LogP contribution is -2.44. The molecule has 1 amide bonds. The third-order valence-electron chi connectivity index (χ3n) is 4.14. The first-order valence-corrected chi connectivity index (χ1v) is 8.04. The highest BCUT2D eigenvalue weighted by Gasteiger charge is 2.14. The molecular formula is C18H21FN4O. The number of hydrogen-bond donors (Lipinski definition) is 1. The Balaban J connectivity index is 1.56. The number of nitrogens with one attached hydrogen (secondary N) is 1. The van der Waals surface area contributed by atoms with Gasteiger partial charge < -0.3 is 15.1 Å². The molecule has 0 bridgehead atoms. The summed E-state index contributed by atoms with van der Waals surface area (Å²) in [6.07, 6.45) is 1.91. The zero-order chi connectivity index (χ0) is 16.9. The maximum absolute atomic E-state index is 13.1. The number of rotatable bonds is 4. The third-order valence-corrected chi connectivity index (χ3v) is 4.14. The summed E-state index contributed by atoms with van der Waals surface area (Å²) >= 11 is 0. The quantitative estimate of drug-likeness (QED) is 0.934. The summed E-state index contributed by atoms with van der Waals surface area (Å²) in [5, 5.41) is 2.75. The van der Waals surface area contributed by atoms with E-state index in [0.717, 1.165) is 31.9 Å². The molecule has 6 heteroatoms.